The van der Waals surface area contributed by atoms with Gasteiger partial charge in [-0.3, -0.25) is 4.90 Å². The Kier molecular flexibility index (Phi) is 3.41. The van der Waals surface area contributed by atoms with Gasteiger partial charge in [-0.2, -0.15) is 5.26 Å². The van der Waals surface area contributed by atoms with Gasteiger partial charge in [-0.15, -0.1) is 0 Å². The standard InChI is InChI=1S/C15H16FN3O/c1-10(9-17)19-6-4-11(5-7-19)15-13-3-2-12(16)8-14(13)20-18-15/h2-3,8,10-11H,4-7H2,1H3. The fraction of sp³-hybridized carbons (Fsp3) is 0.467. The summed E-state index contributed by atoms with van der Waals surface area (Å²) in [6.45, 7) is 3.69. The first-order valence-corrected chi connectivity index (χ1v) is 6.87. The number of nitrogens with zero attached hydrogens (tertiary/aromatic N) is 3. The average Bonchev–Trinajstić information content (AvgIpc) is 2.89. The Bertz CT molecular complexity index is 653. The van der Waals surface area contributed by atoms with Crippen LogP contribution in [0.25, 0.3) is 11.0 Å². The molecular formula is C15H16FN3O. The van der Waals surface area contributed by atoms with Crippen LogP contribution in [0.3, 0.4) is 0 Å². The average molecular weight is 273 g/mol. The first-order valence-electron chi connectivity index (χ1n) is 6.87. The Labute approximate surface area is 116 Å². The summed E-state index contributed by atoms with van der Waals surface area (Å²) in [5.41, 5.74) is 1.43. The van der Waals surface area contributed by atoms with E-state index in [0.29, 0.717) is 11.5 Å². The Hall–Kier alpha value is -1.93. The number of piperidine rings is 1. The summed E-state index contributed by atoms with van der Waals surface area (Å²) in [6.07, 6.45) is 1.90. The smallest absolute Gasteiger partial charge is 0.170 e. The normalized spacial score (nSPS) is 19.1. The maximum Gasteiger partial charge on any atom is 0.170 e. The molecule has 104 valence electrons. The third-order valence-electron chi connectivity index (χ3n) is 4.11. The highest BCUT2D eigenvalue weighted by Gasteiger charge is 2.26. The van der Waals surface area contributed by atoms with Gasteiger partial charge < -0.3 is 4.52 Å². The van der Waals surface area contributed by atoms with Gasteiger partial charge in [0.05, 0.1) is 17.8 Å². The van der Waals surface area contributed by atoms with E-state index in [4.69, 9.17) is 9.78 Å². The van der Waals surface area contributed by atoms with Gasteiger partial charge in [-0.1, -0.05) is 5.16 Å². The van der Waals surface area contributed by atoms with Gasteiger partial charge in [0.25, 0.3) is 0 Å². The van der Waals surface area contributed by atoms with E-state index in [2.05, 4.69) is 16.1 Å². The van der Waals surface area contributed by atoms with Gasteiger partial charge in [0.1, 0.15) is 5.82 Å². The Morgan fingerprint density at radius 3 is 2.90 bits per heavy atom. The van der Waals surface area contributed by atoms with Crippen LogP contribution in [0.4, 0.5) is 4.39 Å². The summed E-state index contributed by atoms with van der Waals surface area (Å²) in [4.78, 5) is 2.18. The van der Waals surface area contributed by atoms with Crippen LogP contribution >= 0.6 is 0 Å². The number of rotatable bonds is 2. The minimum absolute atomic E-state index is 0.0425. The van der Waals surface area contributed by atoms with Crippen LogP contribution in [0.5, 0.6) is 0 Å². The molecule has 1 fully saturated rings. The minimum atomic E-state index is -0.308. The monoisotopic (exact) mass is 273 g/mol. The number of likely N-dealkylation sites (tertiary alicyclic amines) is 1. The molecule has 0 N–H and O–H groups in total. The summed E-state index contributed by atoms with van der Waals surface area (Å²) < 4.78 is 18.4. The molecule has 1 aliphatic rings. The van der Waals surface area contributed by atoms with E-state index < -0.39 is 0 Å². The molecule has 1 aromatic carbocycles. The Morgan fingerprint density at radius 1 is 1.45 bits per heavy atom. The van der Waals surface area contributed by atoms with Crippen molar-refractivity contribution in [2.24, 2.45) is 0 Å². The van der Waals surface area contributed by atoms with Gasteiger partial charge in [-0.25, -0.2) is 4.39 Å². The highest BCUT2D eigenvalue weighted by molar-refractivity contribution is 5.79. The van der Waals surface area contributed by atoms with Crippen molar-refractivity contribution in [1.29, 1.82) is 5.26 Å². The Morgan fingerprint density at radius 2 is 2.20 bits per heavy atom. The number of hydrogen-bond acceptors (Lipinski definition) is 4. The molecule has 0 radical (unpaired) electrons. The molecule has 20 heavy (non-hydrogen) atoms. The SMILES string of the molecule is CC(C#N)N1CCC(c2noc3cc(F)ccc23)CC1. The molecule has 0 bridgehead atoms. The summed E-state index contributed by atoms with van der Waals surface area (Å²) >= 11 is 0. The van der Waals surface area contributed by atoms with E-state index in [1.165, 1.54) is 12.1 Å². The predicted molar refractivity (Wildman–Crippen MR) is 72.6 cm³/mol. The van der Waals surface area contributed by atoms with E-state index >= 15 is 0 Å². The van der Waals surface area contributed by atoms with Crippen molar-refractivity contribution in [2.45, 2.75) is 31.7 Å². The van der Waals surface area contributed by atoms with Crippen molar-refractivity contribution < 1.29 is 8.91 Å². The number of aromatic nitrogens is 1. The van der Waals surface area contributed by atoms with E-state index in [1.54, 1.807) is 6.07 Å². The van der Waals surface area contributed by atoms with Crippen LogP contribution in [-0.2, 0) is 0 Å². The second-order valence-corrected chi connectivity index (χ2v) is 5.32. The third-order valence-corrected chi connectivity index (χ3v) is 4.11. The molecular weight excluding hydrogens is 257 g/mol. The summed E-state index contributed by atoms with van der Waals surface area (Å²) in [7, 11) is 0. The molecule has 1 unspecified atom stereocenters. The molecule has 0 saturated carbocycles. The number of benzene rings is 1. The summed E-state index contributed by atoms with van der Waals surface area (Å²) in [5.74, 6) is 0.0155. The predicted octanol–water partition coefficient (Wildman–Crippen LogP) is 3.06. The second-order valence-electron chi connectivity index (χ2n) is 5.32. The van der Waals surface area contributed by atoms with Crippen molar-refractivity contribution in [3.05, 3.63) is 29.7 Å². The van der Waals surface area contributed by atoms with Gasteiger partial charge in [0, 0.05) is 30.5 Å². The van der Waals surface area contributed by atoms with Crippen LogP contribution in [0, 0.1) is 17.1 Å². The fourth-order valence-electron chi connectivity index (χ4n) is 2.87. The molecule has 1 aromatic heterocycles. The Balaban J connectivity index is 1.79. The molecule has 4 nitrogen and oxygen atoms in total. The second kappa shape index (κ2) is 5.22. The quantitative estimate of drug-likeness (QED) is 0.843. The number of hydrogen-bond donors (Lipinski definition) is 0. The van der Waals surface area contributed by atoms with Crippen molar-refractivity contribution >= 4 is 11.0 Å². The van der Waals surface area contributed by atoms with Gasteiger partial charge >= 0.3 is 0 Å². The van der Waals surface area contributed by atoms with E-state index in [-0.39, 0.29) is 11.9 Å². The molecule has 5 heteroatoms. The molecule has 0 aliphatic carbocycles. The zero-order chi connectivity index (χ0) is 14.1. The van der Waals surface area contributed by atoms with Crippen molar-refractivity contribution in [1.82, 2.24) is 10.1 Å². The molecule has 0 spiro atoms. The minimum Gasteiger partial charge on any atom is -0.356 e. The first kappa shape index (κ1) is 13.1. The van der Waals surface area contributed by atoms with Crippen LogP contribution in [0.15, 0.2) is 22.7 Å². The zero-order valence-electron chi connectivity index (χ0n) is 11.3. The molecule has 2 heterocycles. The molecule has 1 atom stereocenters. The van der Waals surface area contributed by atoms with Gasteiger partial charge in [0.15, 0.2) is 5.58 Å². The summed E-state index contributed by atoms with van der Waals surface area (Å²) in [6, 6.07) is 6.78. The fourth-order valence-corrected chi connectivity index (χ4v) is 2.87. The topological polar surface area (TPSA) is 53.1 Å². The van der Waals surface area contributed by atoms with Crippen LogP contribution < -0.4 is 0 Å². The molecule has 1 aliphatic heterocycles. The molecule has 2 aromatic rings. The van der Waals surface area contributed by atoms with Crippen molar-refractivity contribution in [3.8, 4) is 6.07 Å². The lowest BCUT2D eigenvalue weighted by Gasteiger charge is -2.32. The summed E-state index contributed by atoms with van der Waals surface area (Å²) in [5, 5.41) is 14.0. The van der Waals surface area contributed by atoms with E-state index in [0.717, 1.165) is 37.0 Å². The van der Waals surface area contributed by atoms with Gasteiger partial charge in [-0.05, 0) is 31.9 Å². The van der Waals surface area contributed by atoms with E-state index in [9.17, 15) is 4.39 Å². The van der Waals surface area contributed by atoms with Gasteiger partial charge in [0.2, 0.25) is 0 Å². The maximum absolute atomic E-state index is 13.1. The number of nitriles is 1. The lowest BCUT2D eigenvalue weighted by Crippen LogP contribution is -2.38. The lowest BCUT2D eigenvalue weighted by molar-refractivity contribution is 0.188. The lowest BCUT2D eigenvalue weighted by atomic mass is 9.91. The number of halogens is 1. The molecule has 3 rings (SSSR count). The van der Waals surface area contributed by atoms with E-state index in [1.807, 2.05) is 6.92 Å². The maximum atomic E-state index is 13.1. The largest absolute Gasteiger partial charge is 0.356 e. The third kappa shape index (κ3) is 2.27. The van der Waals surface area contributed by atoms with Crippen molar-refractivity contribution in [3.63, 3.8) is 0 Å². The first-order chi connectivity index (χ1) is 9.69. The highest BCUT2D eigenvalue weighted by Crippen LogP contribution is 2.33. The zero-order valence-corrected chi connectivity index (χ0v) is 11.3. The highest BCUT2D eigenvalue weighted by atomic mass is 19.1. The van der Waals surface area contributed by atoms with Crippen molar-refractivity contribution in [2.75, 3.05) is 13.1 Å². The molecule has 1 saturated heterocycles. The van der Waals surface area contributed by atoms with Crippen LogP contribution in [0.2, 0.25) is 0 Å². The van der Waals surface area contributed by atoms with Crippen LogP contribution in [0.1, 0.15) is 31.4 Å². The van der Waals surface area contributed by atoms with Crippen LogP contribution in [-0.4, -0.2) is 29.2 Å². The number of fused-ring (bicyclic) bond motifs is 1. The molecule has 0 amide bonds.